The number of carbonyl (C=O) groups excluding carboxylic acids is 2. The number of hydrogen-bond acceptors (Lipinski definition) is 3. The molecule has 2 heterocycles. The molecule has 150 valence electrons. The molecule has 0 atom stereocenters. The van der Waals surface area contributed by atoms with E-state index in [0.717, 1.165) is 5.56 Å². The molecule has 0 spiro atoms. The second-order valence-corrected chi connectivity index (χ2v) is 6.88. The summed E-state index contributed by atoms with van der Waals surface area (Å²) < 4.78 is 14.8. The third-order valence-corrected chi connectivity index (χ3v) is 4.72. The molecule has 2 N–H and O–H groups in total. The van der Waals surface area contributed by atoms with Crippen LogP contribution >= 0.6 is 0 Å². The summed E-state index contributed by atoms with van der Waals surface area (Å²) in [4.78, 5) is 29.5. The minimum absolute atomic E-state index is 0.255. The van der Waals surface area contributed by atoms with Crippen molar-refractivity contribution >= 4 is 28.5 Å². The van der Waals surface area contributed by atoms with Gasteiger partial charge in [-0.3, -0.25) is 9.59 Å². The highest BCUT2D eigenvalue weighted by atomic mass is 19.1. The molecule has 0 radical (unpaired) electrons. The number of fused-ring (bicyclic) bond motifs is 1. The predicted molar refractivity (Wildman–Crippen MR) is 113 cm³/mol. The number of carbonyl (C=O) groups is 2. The van der Waals surface area contributed by atoms with Crippen LogP contribution in [0.15, 0.2) is 73.1 Å². The van der Waals surface area contributed by atoms with Gasteiger partial charge in [0.1, 0.15) is 11.5 Å². The minimum Gasteiger partial charge on any atom is -0.348 e. The maximum absolute atomic E-state index is 13.0. The molecule has 0 bridgehead atoms. The SMILES string of the molecule is Cn1cc(C(=O)NCc2ccc(F)cc2)c2cc(NC(=O)c3ccccc3)cnc21. The summed E-state index contributed by atoms with van der Waals surface area (Å²) in [6, 6.07) is 16.5. The second kappa shape index (κ2) is 8.16. The molecule has 2 aromatic heterocycles. The number of anilines is 1. The van der Waals surface area contributed by atoms with Crippen molar-refractivity contribution in [2.45, 2.75) is 6.54 Å². The molecular weight excluding hydrogens is 383 g/mol. The maximum Gasteiger partial charge on any atom is 0.255 e. The Morgan fingerprint density at radius 3 is 2.50 bits per heavy atom. The van der Waals surface area contributed by atoms with E-state index in [9.17, 15) is 14.0 Å². The van der Waals surface area contributed by atoms with Crippen LogP contribution in [0.5, 0.6) is 0 Å². The standard InChI is InChI=1S/C23H19FN4O2/c1-28-14-20(23(30)26-12-15-7-9-17(24)10-8-15)19-11-18(13-25-21(19)28)27-22(29)16-5-3-2-4-6-16/h2-11,13-14H,12H2,1H3,(H,26,30)(H,27,29). The molecule has 0 fully saturated rings. The number of rotatable bonds is 5. The van der Waals surface area contributed by atoms with Crippen molar-refractivity contribution < 1.29 is 14.0 Å². The van der Waals surface area contributed by atoms with Crippen LogP contribution in [-0.2, 0) is 13.6 Å². The molecule has 0 aliphatic carbocycles. The molecule has 2 amide bonds. The number of aryl methyl sites for hydroxylation is 1. The molecule has 0 saturated carbocycles. The lowest BCUT2D eigenvalue weighted by atomic mass is 10.1. The van der Waals surface area contributed by atoms with Crippen LogP contribution in [0.3, 0.4) is 0 Å². The number of pyridine rings is 1. The Hall–Kier alpha value is -4.00. The quantitative estimate of drug-likeness (QED) is 0.532. The summed E-state index contributed by atoms with van der Waals surface area (Å²) in [5, 5.41) is 6.27. The highest BCUT2D eigenvalue weighted by Gasteiger charge is 2.16. The molecule has 6 nitrogen and oxygen atoms in total. The molecule has 0 saturated heterocycles. The Labute approximate surface area is 172 Å². The number of halogens is 1. The Morgan fingerprint density at radius 2 is 1.77 bits per heavy atom. The smallest absolute Gasteiger partial charge is 0.255 e. The normalized spacial score (nSPS) is 10.7. The van der Waals surface area contributed by atoms with Gasteiger partial charge in [0.05, 0.1) is 17.4 Å². The molecule has 2 aromatic carbocycles. The Bertz CT molecular complexity index is 1220. The zero-order valence-corrected chi connectivity index (χ0v) is 16.2. The van der Waals surface area contributed by atoms with Crippen molar-refractivity contribution in [1.82, 2.24) is 14.9 Å². The largest absolute Gasteiger partial charge is 0.348 e. The molecular formula is C23H19FN4O2. The van der Waals surface area contributed by atoms with Gasteiger partial charge >= 0.3 is 0 Å². The number of benzene rings is 2. The highest BCUT2D eigenvalue weighted by Crippen LogP contribution is 2.23. The summed E-state index contributed by atoms with van der Waals surface area (Å²) in [7, 11) is 1.80. The van der Waals surface area contributed by atoms with E-state index in [0.29, 0.717) is 27.8 Å². The van der Waals surface area contributed by atoms with E-state index in [-0.39, 0.29) is 24.2 Å². The molecule has 4 rings (SSSR count). The van der Waals surface area contributed by atoms with Gasteiger partial charge in [-0.25, -0.2) is 9.37 Å². The minimum atomic E-state index is -0.324. The van der Waals surface area contributed by atoms with Crippen molar-refractivity contribution in [2.75, 3.05) is 5.32 Å². The van der Waals surface area contributed by atoms with Gasteiger partial charge in [-0.2, -0.15) is 0 Å². The number of nitrogens with zero attached hydrogens (tertiary/aromatic N) is 2. The summed E-state index contributed by atoms with van der Waals surface area (Å²) in [5.74, 6) is -0.858. The van der Waals surface area contributed by atoms with E-state index >= 15 is 0 Å². The fraction of sp³-hybridized carbons (Fsp3) is 0.0870. The van der Waals surface area contributed by atoms with Gasteiger partial charge in [-0.15, -0.1) is 0 Å². The third kappa shape index (κ3) is 4.05. The van der Waals surface area contributed by atoms with Crippen molar-refractivity contribution in [3.63, 3.8) is 0 Å². The van der Waals surface area contributed by atoms with Crippen LogP contribution in [0.2, 0.25) is 0 Å². The number of amides is 2. The van der Waals surface area contributed by atoms with Gasteiger partial charge in [-0.1, -0.05) is 30.3 Å². The first kappa shape index (κ1) is 19.3. The van der Waals surface area contributed by atoms with Gasteiger partial charge in [0.25, 0.3) is 11.8 Å². The number of aromatic nitrogens is 2. The highest BCUT2D eigenvalue weighted by molar-refractivity contribution is 6.08. The van der Waals surface area contributed by atoms with Gasteiger partial charge in [-0.05, 0) is 35.9 Å². The number of nitrogens with one attached hydrogen (secondary N) is 2. The predicted octanol–water partition coefficient (Wildman–Crippen LogP) is 3.89. The van der Waals surface area contributed by atoms with E-state index in [4.69, 9.17) is 0 Å². The second-order valence-electron chi connectivity index (χ2n) is 6.88. The van der Waals surface area contributed by atoms with Crippen LogP contribution in [0, 0.1) is 5.82 Å². The molecule has 4 aromatic rings. The van der Waals surface area contributed by atoms with Crippen molar-refractivity contribution in [2.24, 2.45) is 7.05 Å². The Kier molecular flexibility index (Phi) is 5.26. The molecule has 0 aliphatic heterocycles. The van der Waals surface area contributed by atoms with E-state index in [1.54, 1.807) is 66.5 Å². The summed E-state index contributed by atoms with van der Waals surface area (Å²) in [6.45, 7) is 0.271. The first-order chi connectivity index (χ1) is 14.5. The molecule has 7 heteroatoms. The number of hydrogen-bond donors (Lipinski definition) is 2. The fourth-order valence-electron chi connectivity index (χ4n) is 3.18. The molecule has 0 unspecified atom stereocenters. The summed E-state index contributed by atoms with van der Waals surface area (Å²) in [6.07, 6.45) is 3.25. The van der Waals surface area contributed by atoms with Crippen LogP contribution in [0.25, 0.3) is 11.0 Å². The summed E-state index contributed by atoms with van der Waals surface area (Å²) in [5.41, 5.74) is 2.88. The van der Waals surface area contributed by atoms with Crippen molar-refractivity contribution in [3.8, 4) is 0 Å². The average molecular weight is 402 g/mol. The maximum atomic E-state index is 13.0. The van der Waals surface area contributed by atoms with Crippen LogP contribution in [0.1, 0.15) is 26.3 Å². The molecule has 30 heavy (non-hydrogen) atoms. The monoisotopic (exact) mass is 402 g/mol. The van der Waals surface area contributed by atoms with Gasteiger partial charge < -0.3 is 15.2 Å². The lowest BCUT2D eigenvalue weighted by Gasteiger charge is -2.07. The Balaban J connectivity index is 1.55. The third-order valence-electron chi connectivity index (χ3n) is 4.72. The lowest BCUT2D eigenvalue weighted by molar-refractivity contribution is 0.0951. The van der Waals surface area contributed by atoms with E-state index < -0.39 is 0 Å². The first-order valence-corrected chi connectivity index (χ1v) is 9.35. The zero-order valence-electron chi connectivity index (χ0n) is 16.2. The first-order valence-electron chi connectivity index (χ1n) is 9.35. The van der Waals surface area contributed by atoms with Crippen molar-refractivity contribution in [1.29, 1.82) is 0 Å². The molecule has 0 aliphatic rings. The Morgan fingerprint density at radius 1 is 1.03 bits per heavy atom. The topological polar surface area (TPSA) is 76.0 Å². The van der Waals surface area contributed by atoms with Gasteiger partial charge in [0.15, 0.2) is 0 Å². The summed E-state index contributed by atoms with van der Waals surface area (Å²) >= 11 is 0. The van der Waals surface area contributed by atoms with Gasteiger partial charge in [0, 0.05) is 30.7 Å². The lowest BCUT2D eigenvalue weighted by Crippen LogP contribution is -2.22. The van der Waals surface area contributed by atoms with E-state index in [1.165, 1.54) is 12.1 Å². The average Bonchev–Trinajstić information content (AvgIpc) is 3.09. The zero-order chi connectivity index (χ0) is 21.1. The van der Waals surface area contributed by atoms with Crippen LogP contribution in [-0.4, -0.2) is 21.4 Å². The fourth-order valence-corrected chi connectivity index (χ4v) is 3.18. The van der Waals surface area contributed by atoms with E-state index in [1.807, 2.05) is 6.07 Å². The van der Waals surface area contributed by atoms with Crippen molar-refractivity contribution in [3.05, 3.63) is 95.6 Å². The van der Waals surface area contributed by atoms with Gasteiger partial charge in [0.2, 0.25) is 0 Å². The van der Waals surface area contributed by atoms with Crippen LogP contribution in [0.4, 0.5) is 10.1 Å². The van der Waals surface area contributed by atoms with Crippen LogP contribution < -0.4 is 10.6 Å². The van der Waals surface area contributed by atoms with E-state index in [2.05, 4.69) is 15.6 Å².